The molecule has 3 heterocycles. The van der Waals surface area contributed by atoms with Gasteiger partial charge in [0.2, 0.25) is 0 Å². The SMILES string of the molecule is C[C@@H]1C[C@H]2Cc3nc(-c4cccs4)c([Si](C)(C)C)cc3[C@@]3(C1)[C@@H]2CCCN3Cc1ccccc1. The van der Waals surface area contributed by atoms with Crippen molar-refractivity contribution in [2.24, 2.45) is 17.8 Å². The maximum Gasteiger partial charge on any atom is 0.0805 e. The van der Waals surface area contributed by atoms with Crippen LogP contribution in [-0.4, -0.2) is 24.5 Å². The van der Waals surface area contributed by atoms with E-state index in [1.165, 1.54) is 60.5 Å². The number of fused-ring (bicyclic) bond motifs is 1. The third kappa shape index (κ3) is 3.65. The number of benzene rings is 1. The van der Waals surface area contributed by atoms with E-state index in [0.717, 1.165) is 24.3 Å². The Balaban J connectivity index is 1.56. The minimum absolute atomic E-state index is 0.152. The zero-order chi connectivity index (χ0) is 23.5. The number of hydrogen-bond acceptors (Lipinski definition) is 3. The Morgan fingerprint density at radius 1 is 1.12 bits per heavy atom. The molecule has 0 unspecified atom stereocenters. The van der Waals surface area contributed by atoms with Crippen molar-refractivity contribution in [2.75, 3.05) is 6.54 Å². The van der Waals surface area contributed by atoms with E-state index in [1.54, 1.807) is 10.8 Å². The molecule has 1 aromatic carbocycles. The van der Waals surface area contributed by atoms with Crippen molar-refractivity contribution in [1.29, 1.82) is 0 Å². The molecule has 0 N–H and O–H groups in total. The molecular formula is C30H38N2SSi. The predicted molar refractivity (Wildman–Crippen MR) is 147 cm³/mol. The molecule has 0 spiro atoms. The first-order valence-corrected chi connectivity index (χ1v) is 17.6. The summed E-state index contributed by atoms with van der Waals surface area (Å²) in [6, 6.07) is 18.3. The first-order chi connectivity index (χ1) is 16.4. The highest BCUT2D eigenvalue weighted by atomic mass is 32.1. The molecule has 1 aliphatic heterocycles. The molecule has 3 aromatic rings. The van der Waals surface area contributed by atoms with Crippen molar-refractivity contribution < 1.29 is 0 Å². The van der Waals surface area contributed by atoms with Gasteiger partial charge in [-0.1, -0.05) is 69.0 Å². The molecule has 6 rings (SSSR count). The fourth-order valence-electron chi connectivity index (χ4n) is 7.61. The van der Waals surface area contributed by atoms with Gasteiger partial charge >= 0.3 is 0 Å². The van der Waals surface area contributed by atoms with Gasteiger partial charge in [-0.05, 0) is 84.2 Å². The number of likely N-dealkylation sites (tertiary alicyclic amines) is 1. The minimum atomic E-state index is -1.58. The summed E-state index contributed by atoms with van der Waals surface area (Å²) in [6.07, 6.45) is 6.56. The van der Waals surface area contributed by atoms with Crippen LogP contribution in [-0.2, 0) is 18.5 Å². The topological polar surface area (TPSA) is 16.1 Å². The van der Waals surface area contributed by atoms with E-state index >= 15 is 0 Å². The first kappa shape index (κ1) is 22.7. The molecule has 1 saturated heterocycles. The van der Waals surface area contributed by atoms with E-state index in [0.29, 0.717) is 0 Å². The summed E-state index contributed by atoms with van der Waals surface area (Å²) in [5.41, 5.74) is 5.92. The van der Waals surface area contributed by atoms with Crippen molar-refractivity contribution in [1.82, 2.24) is 9.88 Å². The molecule has 178 valence electrons. The summed E-state index contributed by atoms with van der Waals surface area (Å²) in [5.74, 6) is 2.33. The second kappa shape index (κ2) is 8.43. The molecule has 0 radical (unpaired) electrons. The highest BCUT2D eigenvalue weighted by Crippen LogP contribution is 2.59. The molecule has 2 aliphatic carbocycles. The lowest BCUT2D eigenvalue weighted by molar-refractivity contribution is -0.0967. The number of thiophene rings is 1. The fraction of sp³-hybridized carbons (Fsp3) is 0.500. The Bertz CT molecular complexity index is 1170. The van der Waals surface area contributed by atoms with Gasteiger partial charge in [0.25, 0.3) is 0 Å². The summed E-state index contributed by atoms with van der Waals surface area (Å²) in [5, 5.41) is 3.77. The largest absolute Gasteiger partial charge is 0.289 e. The van der Waals surface area contributed by atoms with Crippen molar-refractivity contribution in [3.63, 3.8) is 0 Å². The lowest BCUT2D eigenvalue weighted by Gasteiger charge is -2.62. The lowest BCUT2D eigenvalue weighted by Crippen LogP contribution is -2.62. The van der Waals surface area contributed by atoms with Crippen molar-refractivity contribution in [3.8, 4) is 10.6 Å². The third-order valence-electron chi connectivity index (χ3n) is 8.86. The molecule has 4 atom stereocenters. The maximum absolute atomic E-state index is 5.58. The molecule has 4 heteroatoms. The summed E-state index contributed by atoms with van der Waals surface area (Å²) in [6.45, 7) is 12.3. The zero-order valence-corrected chi connectivity index (χ0v) is 23.0. The molecule has 2 nitrogen and oxygen atoms in total. The molecule has 3 aliphatic rings. The number of rotatable bonds is 4. The van der Waals surface area contributed by atoms with E-state index in [-0.39, 0.29) is 5.54 Å². The Morgan fingerprint density at radius 3 is 2.68 bits per heavy atom. The number of hydrogen-bond donors (Lipinski definition) is 0. The van der Waals surface area contributed by atoms with E-state index in [9.17, 15) is 0 Å². The van der Waals surface area contributed by atoms with Crippen LogP contribution in [0.25, 0.3) is 10.6 Å². The fourth-order valence-corrected chi connectivity index (χ4v) is 9.91. The molecule has 0 amide bonds. The van der Waals surface area contributed by atoms with Crippen LogP contribution in [0.5, 0.6) is 0 Å². The van der Waals surface area contributed by atoms with Crippen LogP contribution in [0.3, 0.4) is 0 Å². The Morgan fingerprint density at radius 2 is 1.94 bits per heavy atom. The average molecular weight is 487 g/mol. The van der Waals surface area contributed by atoms with Crippen LogP contribution >= 0.6 is 11.3 Å². The zero-order valence-electron chi connectivity index (χ0n) is 21.2. The monoisotopic (exact) mass is 486 g/mol. The Hall–Kier alpha value is -1.75. The number of nitrogens with zero attached hydrogens (tertiary/aromatic N) is 2. The summed E-state index contributed by atoms with van der Waals surface area (Å²) in [4.78, 5) is 9.83. The van der Waals surface area contributed by atoms with Crippen LogP contribution in [0.1, 0.15) is 49.4 Å². The number of piperidine rings is 1. The van der Waals surface area contributed by atoms with Crippen LogP contribution in [0.4, 0.5) is 0 Å². The highest BCUT2D eigenvalue weighted by Gasteiger charge is 2.57. The Kier molecular flexibility index (Phi) is 5.62. The maximum atomic E-state index is 5.58. The highest BCUT2D eigenvalue weighted by molar-refractivity contribution is 7.13. The summed E-state index contributed by atoms with van der Waals surface area (Å²) < 4.78 is 0. The van der Waals surface area contributed by atoms with Gasteiger partial charge in [-0.3, -0.25) is 9.88 Å². The van der Waals surface area contributed by atoms with E-state index in [2.05, 4.69) is 85.4 Å². The van der Waals surface area contributed by atoms with Crippen LogP contribution in [0.15, 0.2) is 53.9 Å². The van der Waals surface area contributed by atoms with Crippen LogP contribution in [0, 0.1) is 17.8 Å². The molecular weight excluding hydrogens is 448 g/mol. The number of pyridine rings is 1. The van der Waals surface area contributed by atoms with Gasteiger partial charge in [0.1, 0.15) is 0 Å². The van der Waals surface area contributed by atoms with Crippen LogP contribution in [0.2, 0.25) is 19.6 Å². The van der Waals surface area contributed by atoms with Crippen LogP contribution < -0.4 is 5.19 Å². The second-order valence-corrected chi connectivity index (χ2v) is 18.2. The average Bonchev–Trinajstić information content (AvgIpc) is 3.33. The number of aromatic nitrogens is 1. The van der Waals surface area contributed by atoms with E-state index in [4.69, 9.17) is 4.98 Å². The molecule has 2 fully saturated rings. The summed E-state index contributed by atoms with van der Waals surface area (Å²) >= 11 is 1.85. The molecule has 2 bridgehead atoms. The predicted octanol–water partition coefficient (Wildman–Crippen LogP) is 7.07. The normalized spacial score (nSPS) is 28.9. The van der Waals surface area contributed by atoms with Gasteiger partial charge < -0.3 is 0 Å². The molecule has 1 saturated carbocycles. The van der Waals surface area contributed by atoms with Gasteiger partial charge in [-0.2, -0.15) is 0 Å². The molecule has 2 aromatic heterocycles. The molecule has 34 heavy (non-hydrogen) atoms. The van der Waals surface area contributed by atoms with E-state index in [1.807, 2.05) is 11.3 Å². The van der Waals surface area contributed by atoms with Gasteiger partial charge in [-0.25, -0.2) is 0 Å². The minimum Gasteiger partial charge on any atom is -0.289 e. The third-order valence-corrected chi connectivity index (χ3v) is 11.7. The lowest BCUT2D eigenvalue weighted by atomic mass is 9.53. The van der Waals surface area contributed by atoms with E-state index < -0.39 is 8.07 Å². The van der Waals surface area contributed by atoms with Crippen molar-refractivity contribution in [3.05, 3.63) is 70.7 Å². The Labute approximate surface area is 210 Å². The van der Waals surface area contributed by atoms with Gasteiger partial charge in [0.05, 0.1) is 24.2 Å². The second-order valence-electron chi connectivity index (χ2n) is 12.2. The quantitative estimate of drug-likeness (QED) is 0.367. The van der Waals surface area contributed by atoms with Crippen molar-refractivity contribution >= 4 is 24.6 Å². The van der Waals surface area contributed by atoms with Gasteiger partial charge in [0, 0.05) is 12.2 Å². The summed E-state index contributed by atoms with van der Waals surface area (Å²) in [7, 11) is -1.58. The van der Waals surface area contributed by atoms with Gasteiger partial charge in [-0.15, -0.1) is 11.3 Å². The smallest absolute Gasteiger partial charge is 0.0805 e. The first-order valence-electron chi connectivity index (χ1n) is 13.2. The van der Waals surface area contributed by atoms with Crippen molar-refractivity contribution in [2.45, 2.75) is 70.8 Å². The van der Waals surface area contributed by atoms with Gasteiger partial charge in [0.15, 0.2) is 0 Å². The standard InChI is InChI=1S/C30H38N2SSi/c1-21-16-23-17-26-25(18-28(34(2,3)4)29(31-26)27-13-9-15-33-27)30(19-21)24(23)12-8-14-32(30)20-22-10-6-5-7-11-22/h5-7,9-11,13,15,18,21,23-24H,8,12,14,16-17,19-20H2,1-4H3/t21-,23+,24-,30-/m1/s1.